The van der Waals surface area contributed by atoms with Gasteiger partial charge in [-0.3, -0.25) is 4.79 Å². The Morgan fingerprint density at radius 2 is 1.73 bits per heavy atom. The average Bonchev–Trinajstić information content (AvgIpc) is 3.19. The number of amides is 1. The van der Waals surface area contributed by atoms with Gasteiger partial charge >= 0.3 is 0 Å². The van der Waals surface area contributed by atoms with Crippen LogP contribution in [0.5, 0.6) is 0 Å². The van der Waals surface area contributed by atoms with E-state index in [1.165, 1.54) is 16.4 Å². The SMILES string of the molecule is CCc1cccc(C)c1NC(=O)c1ccc(S(=O)(=O)N2CCCC2)cc1. The van der Waals surface area contributed by atoms with Gasteiger partial charge in [0.05, 0.1) is 4.90 Å². The molecule has 0 radical (unpaired) electrons. The lowest BCUT2D eigenvalue weighted by molar-refractivity contribution is 0.102. The molecule has 1 saturated heterocycles. The fourth-order valence-electron chi connectivity index (χ4n) is 3.24. The van der Waals surface area contributed by atoms with Gasteiger partial charge in [0, 0.05) is 24.3 Å². The molecule has 1 aliphatic rings. The molecule has 0 bridgehead atoms. The normalized spacial score (nSPS) is 15.2. The van der Waals surface area contributed by atoms with E-state index in [1.54, 1.807) is 12.1 Å². The van der Waals surface area contributed by atoms with E-state index >= 15 is 0 Å². The third-order valence-corrected chi connectivity index (χ3v) is 6.71. The maximum atomic E-state index is 12.6. The molecule has 0 saturated carbocycles. The van der Waals surface area contributed by atoms with Crippen molar-refractivity contribution in [2.45, 2.75) is 38.0 Å². The van der Waals surface area contributed by atoms with Gasteiger partial charge in [-0.15, -0.1) is 0 Å². The fraction of sp³-hybridized carbons (Fsp3) is 0.350. The first-order valence-corrected chi connectivity index (χ1v) is 10.4. The Balaban J connectivity index is 1.80. The lowest BCUT2D eigenvalue weighted by Crippen LogP contribution is -2.27. The number of hydrogen-bond acceptors (Lipinski definition) is 3. The van der Waals surface area contributed by atoms with Crippen molar-refractivity contribution in [3.05, 3.63) is 59.2 Å². The minimum atomic E-state index is -3.46. The summed E-state index contributed by atoms with van der Waals surface area (Å²) in [7, 11) is -3.46. The van der Waals surface area contributed by atoms with Crippen LogP contribution in [0.25, 0.3) is 0 Å². The van der Waals surface area contributed by atoms with Crippen molar-refractivity contribution < 1.29 is 13.2 Å². The third-order valence-electron chi connectivity index (χ3n) is 4.80. The summed E-state index contributed by atoms with van der Waals surface area (Å²) in [5.41, 5.74) is 3.35. The second kappa shape index (κ2) is 7.60. The summed E-state index contributed by atoms with van der Waals surface area (Å²) in [6.45, 7) is 5.14. The van der Waals surface area contributed by atoms with Crippen LogP contribution in [0.2, 0.25) is 0 Å². The van der Waals surface area contributed by atoms with Crippen molar-refractivity contribution in [1.82, 2.24) is 4.31 Å². The Bertz CT molecular complexity index is 899. The Morgan fingerprint density at radius 1 is 1.08 bits per heavy atom. The van der Waals surface area contributed by atoms with Gasteiger partial charge in [-0.25, -0.2) is 8.42 Å². The molecule has 3 rings (SSSR count). The average molecular weight is 372 g/mol. The first-order valence-electron chi connectivity index (χ1n) is 8.93. The molecule has 1 aliphatic heterocycles. The molecule has 0 atom stereocenters. The van der Waals surface area contributed by atoms with Crippen LogP contribution in [0, 0.1) is 6.92 Å². The summed E-state index contributed by atoms with van der Waals surface area (Å²) in [6, 6.07) is 12.1. The van der Waals surface area contributed by atoms with Crippen molar-refractivity contribution in [3.63, 3.8) is 0 Å². The summed E-state index contributed by atoms with van der Waals surface area (Å²) < 4.78 is 26.6. The van der Waals surface area contributed by atoms with Gasteiger partial charge in [0.15, 0.2) is 0 Å². The minimum absolute atomic E-state index is 0.237. The summed E-state index contributed by atoms with van der Waals surface area (Å²) in [4.78, 5) is 12.8. The predicted octanol–water partition coefficient (Wildman–Crippen LogP) is 3.59. The van der Waals surface area contributed by atoms with Gasteiger partial charge in [-0.05, 0) is 61.6 Å². The summed E-state index contributed by atoms with van der Waals surface area (Å²) >= 11 is 0. The van der Waals surface area contributed by atoms with Crippen molar-refractivity contribution in [2.75, 3.05) is 18.4 Å². The van der Waals surface area contributed by atoms with Crippen molar-refractivity contribution >= 4 is 21.6 Å². The first kappa shape index (κ1) is 18.6. The summed E-state index contributed by atoms with van der Waals surface area (Å²) in [5, 5.41) is 2.96. The third kappa shape index (κ3) is 3.66. The molecule has 5 nitrogen and oxygen atoms in total. The highest BCUT2D eigenvalue weighted by Gasteiger charge is 2.27. The van der Waals surface area contributed by atoms with Gasteiger partial charge in [-0.2, -0.15) is 4.31 Å². The van der Waals surface area contributed by atoms with Crippen molar-refractivity contribution in [3.8, 4) is 0 Å². The van der Waals surface area contributed by atoms with E-state index in [9.17, 15) is 13.2 Å². The van der Waals surface area contributed by atoms with Crippen LogP contribution in [0.1, 0.15) is 41.3 Å². The molecule has 138 valence electrons. The minimum Gasteiger partial charge on any atom is -0.321 e. The van der Waals surface area contributed by atoms with E-state index in [-0.39, 0.29) is 10.8 Å². The number of hydrogen-bond donors (Lipinski definition) is 1. The molecule has 1 heterocycles. The molecule has 0 spiro atoms. The number of aryl methyl sites for hydroxylation is 2. The standard InChI is InChI=1S/C20H24N2O3S/c1-3-16-8-6-7-15(2)19(16)21-20(23)17-9-11-18(12-10-17)26(24,25)22-13-4-5-14-22/h6-12H,3-5,13-14H2,1-2H3,(H,21,23). The molecule has 6 heteroatoms. The van der Waals surface area contributed by atoms with E-state index in [2.05, 4.69) is 5.32 Å². The van der Waals surface area contributed by atoms with Gasteiger partial charge < -0.3 is 5.32 Å². The van der Waals surface area contributed by atoms with Crippen molar-refractivity contribution in [1.29, 1.82) is 0 Å². The number of nitrogens with one attached hydrogen (secondary N) is 1. The zero-order valence-corrected chi connectivity index (χ0v) is 16.0. The second-order valence-electron chi connectivity index (χ2n) is 6.55. The number of carbonyl (C=O) groups is 1. The molecule has 0 aromatic heterocycles. The number of anilines is 1. The fourth-order valence-corrected chi connectivity index (χ4v) is 4.76. The zero-order chi connectivity index (χ0) is 18.7. The van der Waals surface area contributed by atoms with Gasteiger partial charge in [-0.1, -0.05) is 25.1 Å². The van der Waals surface area contributed by atoms with E-state index in [0.717, 1.165) is 36.1 Å². The van der Waals surface area contributed by atoms with Crippen LogP contribution < -0.4 is 5.32 Å². The van der Waals surface area contributed by atoms with Crippen molar-refractivity contribution in [2.24, 2.45) is 0 Å². The van der Waals surface area contributed by atoms with E-state index in [1.807, 2.05) is 32.0 Å². The van der Waals surface area contributed by atoms with Crippen LogP contribution in [0.3, 0.4) is 0 Å². The maximum Gasteiger partial charge on any atom is 0.255 e. The Kier molecular flexibility index (Phi) is 5.44. The largest absolute Gasteiger partial charge is 0.321 e. The Hall–Kier alpha value is -2.18. The quantitative estimate of drug-likeness (QED) is 0.872. The molecule has 0 unspecified atom stereocenters. The smallest absolute Gasteiger partial charge is 0.255 e. The first-order chi connectivity index (χ1) is 12.4. The summed E-state index contributed by atoms with van der Waals surface area (Å²) in [5.74, 6) is -0.237. The Labute approximate surface area is 155 Å². The number of para-hydroxylation sites is 1. The monoisotopic (exact) mass is 372 g/mol. The molecule has 1 fully saturated rings. The Morgan fingerprint density at radius 3 is 2.35 bits per heavy atom. The number of nitrogens with zero attached hydrogens (tertiary/aromatic N) is 1. The number of benzene rings is 2. The molecule has 26 heavy (non-hydrogen) atoms. The van der Waals surface area contributed by atoms with E-state index < -0.39 is 10.0 Å². The second-order valence-corrected chi connectivity index (χ2v) is 8.49. The molecular weight excluding hydrogens is 348 g/mol. The molecule has 1 amide bonds. The summed E-state index contributed by atoms with van der Waals surface area (Å²) in [6.07, 6.45) is 2.62. The van der Waals surface area contributed by atoms with E-state index in [0.29, 0.717) is 18.7 Å². The highest BCUT2D eigenvalue weighted by molar-refractivity contribution is 7.89. The molecular formula is C20H24N2O3S. The number of carbonyl (C=O) groups excluding carboxylic acids is 1. The zero-order valence-electron chi connectivity index (χ0n) is 15.2. The van der Waals surface area contributed by atoms with Gasteiger partial charge in [0.1, 0.15) is 0 Å². The highest BCUT2D eigenvalue weighted by Crippen LogP contribution is 2.23. The number of sulfonamides is 1. The molecule has 2 aromatic rings. The van der Waals surface area contributed by atoms with Crippen LogP contribution in [0.15, 0.2) is 47.4 Å². The van der Waals surface area contributed by atoms with Gasteiger partial charge in [0.2, 0.25) is 10.0 Å². The van der Waals surface area contributed by atoms with Crippen LogP contribution in [-0.4, -0.2) is 31.7 Å². The lowest BCUT2D eigenvalue weighted by atomic mass is 10.1. The topological polar surface area (TPSA) is 66.5 Å². The highest BCUT2D eigenvalue weighted by atomic mass is 32.2. The molecule has 0 aliphatic carbocycles. The molecule has 2 aromatic carbocycles. The van der Waals surface area contributed by atoms with Crippen LogP contribution >= 0.6 is 0 Å². The van der Waals surface area contributed by atoms with Gasteiger partial charge in [0.25, 0.3) is 5.91 Å². The molecule has 1 N–H and O–H groups in total. The lowest BCUT2D eigenvalue weighted by Gasteiger charge is -2.16. The van der Waals surface area contributed by atoms with Crippen LogP contribution in [-0.2, 0) is 16.4 Å². The number of rotatable bonds is 5. The van der Waals surface area contributed by atoms with E-state index in [4.69, 9.17) is 0 Å². The predicted molar refractivity (Wildman–Crippen MR) is 103 cm³/mol. The van der Waals surface area contributed by atoms with Crippen LogP contribution in [0.4, 0.5) is 5.69 Å². The maximum absolute atomic E-state index is 12.6.